The monoisotopic (exact) mass is 269 g/mol. The molecule has 1 aromatic carbocycles. The van der Waals surface area contributed by atoms with Crippen LogP contribution in [0.3, 0.4) is 0 Å². The number of amides is 1. The van der Waals surface area contributed by atoms with Crippen molar-refractivity contribution in [1.82, 2.24) is 9.55 Å². The Morgan fingerprint density at radius 2 is 2.05 bits per heavy atom. The third kappa shape index (κ3) is 2.22. The minimum absolute atomic E-state index is 0.368. The highest BCUT2D eigenvalue weighted by atomic mass is 16.1. The van der Waals surface area contributed by atoms with E-state index in [1.807, 2.05) is 25.1 Å². The van der Waals surface area contributed by atoms with E-state index >= 15 is 0 Å². The molecule has 0 unspecified atom stereocenters. The number of hydrogen-bond donors (Lipinski definition) is 1. The molecule has 1 aliphatic rings. The Morgan fingerprint density at radius 1 is 1.30 bits per heavy atom. The molecule has 0 spiro atoms. The summed E-state index contributed by atoms with van der Waals surface area (Å²) in [5, 5.41) is 0. The van der Waals surface area contributed by atoms with Gasteiger partial charge < -0.3 is 10.3 Å². The predicted molar refractivity (Wildman–Crippen MR) is 77.7 cm³/mol. The third-order valence-electron chi connectivity index (χ3n) is 4.03. The molecule has 0 radical (unpaired) electrons. The maximum absolute atomic E-state index is 11.5. The molecular weight excluding hydrogens is 250 g/mol. The van der Waals surface area contributed by atoms with Gasteiger partial charge in [-0.3, -0.25) is 4.79 Å². The van der Waals surface area contributed by atoms with Crippen LogP contribution in [0, 0.1) is 6.92 Å². The molecule has 0 fully saturated rings. The van der Waals surface area contributed by atoms with Crippen molar-refractivity contribution in [2.75, 3.05) is 0 Å². The van der Waals surface area contributed by atoms with Crippen molar-refractivity contribution in [3.8, 4) is 0 Å². The highest BCUT2D eigenvalue weighted by molar-refractivity contribution is 5.94. The number of aryl methyl sites for hydroxylation is 2. The topological polar surface area (TPSA) is 60.9 Å². The summed E-state index contributed by atoms with van der Waals surface area (Å²) in [5.74, 6) is 0.656. The van der Waals surface area contributed by atoms with E-state index in [1.165, 1.54) is 24.2 Å². The van der Waals surface area contributed by atoms with E-state index in [9.17, 15) is 4.79 Å². The second-order valence-electron chi connectivity index (χ2n) is 5.37. The molecule has 0 saturated heterocycles. The fourth-order valence-electron chi connectivity index (χ4n) is 3.01. The molecule has 0 bridgehead atoms. The normalized spacial score (nSPS) is 14.1. The van der Waals surface area contributed by atoms with E-state index < -0.39 is 0 Å². The third-order valence-corrected chi connectivity index (χ3v) is 4.03. The molecule has 1 amide bonds. The Bertz CT molecular complexity index is 658. The van der Waals surface area contributed by atoms with Gasteiger partial charge in [-0.1, -0.05) is 18.2 Å². The lowest BCUT2D eigenvalue weighted by Crippen LogP contribution is -2.17. The lowest BCUT2D eigenvalue weighted by atomic mass is 10.0. The summed E-state index contributed by atoms with van der Waals surface area (Å²) in [6.45, 7) is 2.71. The largest absolute Gasteiger partial charge is 0.366 e. The first-order chi connectivity index (χ1) is 9.66. The highest BCUT2D eigenvalue weighted by Crippen LogP contribution is 2.23. The maximum atomic E-state index is 11.5. The van der Waals surface area contributed by atoms with Gasteiger partial charge in [-0.05, 0) is 44.2 Å². The summed E-state index contributed by atoms with van der Waals surface area (Å²) in [5.41, 5.74) is 9.58. The Morgan fingerprint density at radius 3 is 2.85 bits per heavy atom. The number of carbonyl (C=O) groups is 1. The number of benzene rings is 1. The first-order valence-corrected chi connectivity index (χ1v) is 7.09. The first kappa shape index (κ1) is 12.9. The van der Waals surface area contributed by atoms with Gasteiger partial charge >= 0.3 is 0 Å². The van der Waals surface area contributed by atoms with Crippen molar-refractivity contribution in [3.05, 3.63) is 52.6 Å². The number of rotatable bonds is 3. The molecule has 104 valence electrons. The van der Waals surface area contributed by atoms with E-state index in [0.29, 0.717) is 12.1 Å². The molecule has 1 aliphatic carbocycles. The molecule has 0 aliphatic heterocycles. The number of hydrogen-bond acceptors (Lipinski definition) is 2. The summed E-state index contributed by atoms with van der Waals surface area (Å²) >= 11 is 0. The van der Waals surface area contributed by atoms with Crippen molar-refractivity contribution >= 4 is 5.91 Å². The van der Waals surface area contributed by atoms with Crippen molar-refractivity contribution in [1.29, 1.82) is 0 Å². The van der Waals surface area contributed by atoms with Gasteiger partial charge in [0.1, 0.15) is 5.82 Å². The van der Waals surface area contributed by atoms with Gasteiger partial charge in [0.15, 0.2) is 0 Å². The summed E-state index contributed by atoms with van der Waals surface area (Å²) in [6, 6.07) is 7.55. The quantitative estimate of drug-likeness (QED) is 0.928. The Hall–Kier alpha value is -2.10. The van der Waals surface area contributed by atoms with Crippen LogP contribution >= 0.6 is 0 Å². The van der Waals surface area contributed by atoms with Crippen LogP contribution in [-0.2, 0) is 19.4 Å². The Balaban J connectivity index is 2.00. The van der Waals surface area contributed by atoms with Crippen LogP contribution in [0.1, 0.15) is 46.0 Å². The molecule has 0 saturated carbocycles. The number of carbonyl (C=O) groups excluding carboxylic acids is 1. The molecule has 1 heterocycles. The molecule has 4 heteroatoms. The number of primary amides is 1. The number of imidazole rings is 1. The molecule has 0 atom stereocenters. The van der Waals surface area contributed by atoms with Crippen LogP contribution in [0.15, 0.2) is 24.3 Å². The molecule has 20 heavy (non-hydrogen) atoms. The second-order valence-corrected chi connectivity index (χ2v) is 5.37. The Kier molecular flexibility index (Phi) is 3.30. The van der Waals surface area contributed by atoms with Crippen molar-refractivity contribution in [2.45, 2.75) is 39.2 Å². The average molecular weight is 269 g/mol. The van der Waals surface area contributed by atoms with Gasteiger partial charge in [-0.25, -0.2) is 4.98 Å². The van der Waals surface area contributed by atoms with Gasteiger partial charge in [-0.2, -0.15) is 0 Å². The fourth-order valence-corrected chi connectivity index (χ4v) is 3.01. The van der Waals surface area contributed by atoms with Crippen LogP contribution < -0.4 is 5.73 Å². The number of aromatic nitrogens is 2. The average Bonchev–Trinajstić information content (AvgIpc) is 2.76. The maximum Gasteiger partial charge on any atom is 0.249 e. The minimum Gasteiger partial charge on any atom is -0.366 e. The summed E-state index contributed by atoms with van der Waals surface area (Å²) < 4.78 is 2.23. The van der Waals surface area contributed by atoms with Crippen molar-refractivity contribution < 1.29 is 4.79 Å². The molecule has 2 aromatic rings. The number of fused-ring (bicyclic) bond motifs is 1. The van der Waals surface area contributed by atoms with Crippen LogP contribution in [0.25, 0.3) is 0 Å². The molecular formula is C16H19N3O. The molecule has 2 N–H and O–H groups in total. The zero-order valence-electron chi connectivity index (χ0n) is 11.7. The van der Waals surface area contributed by atoms with Gasteiger partial charge in [0.05, 0.1) is 5.69 Å². The van der Waals surface area contributed by atoms with E-state index in [0.717, 1.165) is 24.2 Å². The standard InChI is InChI=1S/C16H19N3O/c1-11-18-14-8-4-5-9-15(14)19(11)10-12-6-2-3-7-13(12)16(17)20/h2-3,6-7H,4-5,8-10H2,1H3,(H2,17,20). The second kappa shape index (κ2) is 5.12. The van der Waals surface area contributed by atoms with Crippen LogP contribution in [-0.4, -0.2) is 15.5 Å². The molecule has 1 aromatic heterocycles. The minimum atomic E-state index is -0.368. The van der Waals surface area contributed by atoms with E-state index in [4.69, 9.17) is 5.73 Å². The van der Waals surface area contributed by atoms with Gasteiger partial charge in [-0.15, -0.1) is 0 Å². The smallest absolute Gasteiger partial charge is 0.249 e. The number of nitrogens with two attached hydrogens (primary N) is 1. The fraction of sp³-hybridized carbons (Fsp3) is 0.375. The van der Waals surface area contributed by atoms with E-state index in [2.05, 4.69) is 9.55 Å². The van der Waals surface area contributed by atoms with Crippen LogP contribution in [0.2, 0.25) is 0 Å². The first-order valence-electron chi connectivity index (χ1n) is 7.09. The summed E-state index contributed by atoms with van der Waals surface area (Å²) in [7, 11) is 0. The SMILES string of the molecule is Cc1nc2c(n1Cc1ccccc1C(N)=O)CCCC2. The van der Waals surface area contributed by atoms with Crippen molar-refractivity contribution in [3.63, 3.8) is 0 Å². The zero-order valence-corrected chi connectivity index (χ0v) is 11.7. The van der Waals surface area contributed by atoms with Gasteiger partial charge in [0, 0.05) is 17.8 Å². The highest BCUT2D eigenvalue weighted by Gasteiger charge is 2.19. The van der Waals surface area contributed by atoms with E-state index in [-0.39, 0.29) is 5.91 Å². The van der Waals surface area contributed by atoms with E-state index in [1.54, 1.807) is 6.07 Å². The summed E-state index contributed by atoms with van der Waals surface area (Å²) in [4.78, 5) is 16.2. The Labute approximate surface area is 118 Å². The van der Waals surface area contributed by atoms with Gasteiger partial charge in [0.2, 0.25) is 5.91 Å². The lowest BCUT2D eigenvalue weighted by molar-refractivity contribution is 0.0999. The number of nitrogens with zero attached hydrogens (tertiary/aromatic N) is 2. The van der Waals surface area contributed by atoms with Crippen molar-refractivity contribution in [2.24, 2.45) is 5.73 Å². The van der Waals surface area contributed by atoms with Crippen LogP contribution in [0.4, 0.5) is 0 Å². The van der Waals surface area contributed by atoms with Crippen LogP contribution in [0.5, 0.6) is 0 Å². The zero-order chi connectivity index (χ0) is 14.1. The molecule has 3 rings (SSSR count). The van der Waals surface area contributed by atoms with Gasteiger partial charge in [0.25, 0.3) is 0 Å². The lowest BCUT2D eigenvalue weighted by Gasteiger charge is -2.16. The summed E-state index contributed by atoms with van der Waals surface area (Å²) in [6.07, 6.45) is 4.59. The molecule has 4 nitrogen and oxygen atoms in total. The predicted octanol–water partition coefficient (Wildman–Crippen LogP) is 2.22.